The molecule has 0 amide bonds. The lowest BCUT2D eigenvalue weighted by Gasteiger charge is -1.95. The smallest absolute Gasteiger partial charge is 0.291 e. The van der Waals surface area contributed by atoms with E-state index in [-0.39, 0.29) is 11.2 Å². The number of aryl methyl sites for hydroxylation is 2. The molecular weight excluding hydrogens is 370 g/mol. The monoisotopic (exact) mass is 383 g/mol. The summed E-state index contributed by atoms with van der Waals surface area (Å²) in [5, 5.41) is 12.6. The molecule has 0 saturated carbocycles. The number of hydrogen-bond acceptors (Lipinski definition) is 5. The van der Waals surface area contributed by atoms with Gasteiger partial charge in [0.2, 0.25) is 5.13 Å². The molecule has 0 fully saturated rings. The number of hydrogen-bond donors (Lipinski definition) is 1. The van der Waals surface area contributed by atoms with Gasteiger partial charge < -0.3 is 0 Å². The van der Waals surface area contributed by atoms with Crippen molar-refractivity contribution < 1.29 is 0 Å². The normalized spacial score (nSPS) is 11.7. The molecule has 8 heteroatoms. The number of thiazole rings is 1. The van der Waals surface area contributed by atoms with Gasteiger partial charge in [0.05, 0.1) is 21.6 Å². The lowest BCUT2D eigenvalue weighted by atomic mass is 10.2. The van der Waals surface area contributed by atoms with Gasteiger partial charge in [-0.05, 0) is 43.7 Å². The molecule has 6 nitrogen and oxygen atoms in total. The average Bonchev–Trinajstić information content (AvgIpc) is 3.15. The molecule has 130 valence electrons. The van der Waals surface area contributed by atoms with E-state index in [1.165, 1.54) is 16.0 Å². The third-order valence-corrected chi connectivity index (χ3v) is 5.18. The van der Waals surface area contributed by atoms with E-state index in [9.17, 15) is 4.79 Å². The van der Waals surface area contributed by atoms with Crippen LogP contribution in [0.4, 0.5) is 11.4 Å². The van der Waals surface area contributed by atoms with Crippen LogP contribution in [0.5, 0.6) is 0 Å². The zero-order valence-corrected chi connectivity index (χ0v) is 15.6. The molecule has 0 saturated heterocycles. The second kappa shape index (κ2) is 6.51. The van der Waals surface area contributed by atoms with Crippen molar-refractivity contribution >= 4 is 44.5 Å². The fourth-order valence-corrected chi connectivity index (χ4v) is 3.75. The molecule has 2 aromatic heterocycles. The van der Waals surface area contributed by atoms with Crippen LogP contribution in [0.1, 0.15) is 11.3 Å². The molecule has 0 unspecified atom stereocenters. The third kappa shape index (κ3) is 2.95. The van der Waals surface area contributed by atoms with Gasteiger partial charge in [0.15, 0.2) is 5.69 Å². The summed E-state index contributed by atoms with van der Waals surface area (Å²) in [5.41, 5.74) is 3.12. The second-order valence-electron chi connectivity index (χ2n) is 5.82. The number of halogens is 1. The van der Waals surface area contributed by atoms with Gasteiger partial charge in [-0.3, -0.25) is 9.89 Å². The Balaban J connectivity index is 1.76. The number of nitrogens with zero attached hydrogens (tertiary/aromatic N) is 4. The van der Waals surface area contributed by atoms with Crippen molar-refractivity contribution in [3.05, 3.63) is 69.1 Å². The minimum atomic E-state index is -0.287. The van der Waals surface area contributed by atoms with Gasteiger partial charge in [-0.1, -0.05) is 41.1 Å². The Kier molecular flexibility index (Phi) is 4.18. The standard InChI is InChI=1S/C18H14ClN5OS/c1-10-5-3-4-6-13(10)21-22-16-11(2)23-24(17(16)25)18-20-14-8-7-12(19)9-15(14)26-18/h3-9,23H,1-2H3. The molecule has 4 aromatic rings. The van der Waals surface area contributed by atoms with Gasteiger partial charge in [0.25, 0.3) is 0 Å². The first-order valence-electron chi connectivity index (χ1n) is 7.88. The Bertz CT molecular complexity index is 1200. The van der Waals surface area contributed by atoms with Crippen LogP contribution in [0.15, 0.2) is 57.5 Å². The van der Waals surface area contributed by atoms with Crippen LogP contribution in [0.2, 0.25) is 5.02 Å². The molecule has 1 N–H and O–H groups in total. The van der Waals surface area contributed by atoms with Crippen LogP contribution in [0, 0.1) is 13.8 Å². The molecule has 4 rings (SSSR count). The Hall–Kier alpha value is -2.77. The topological polar surface area (TPSA) is 75.4 Å². The summed E-state index contributed by atoms with van der Waals surface area (Å²) in [5.74, 6) is 0. The van der Waals surface area contributed by atoms with Gasteiger partial charge in [-0.25, -0.2) is 4.98 Å². The van der Waals surface area contributed by atoms with Crippen molar-refractivity contribution in [2.24, 2.45) is 10.2 Å². The van der Waals surface area contributed by atoms with E-state index in [4.69, 9.17) is 11.6 Å². The molecular formula is C18H14ClN5OS. The van der Waals surface area contributed by atoms with Gasteiger partial charge >= 0.3 is 5.56 Å². The second-order valence-corrected chi connectivity index (χ2v) is 7.27. The van der Waals surface area contributed by atoms with Crippen LogP contribution in [0.3, 0.4) is 0 Å². The number of fused-ring (bicyclic) bond motifs is 1. The third-order valence-electron chi connectivity index (χ3n) is 3.94. The Morgan fingerprint density at radius 3 is 2.77 bits per heavy atom. The van der Waals surface area contributed by atoms with E-state index >= 15 is 0 Å². The van der Waals surface area contributed by atoms with Crippen molar-refractivity contribution in [1.82, 2.24) is 14.8 Å². The number of rotatable bonds is 3. The molecule has 2 heterocycles. The van der Waals surface area contributed by atoms with E-state index in [1.807, 2.05) is 43.3 Å². The van der Waals surface area contributed by atoms with E-state index in [2.05, 4.69) is 20.3 Å². The maximum atomic E-state index is 12.8. The Morgan fingerprint density at radius 2 is 1.96 bits per heavy atom. The molecule has 0 atom stereocenters. The number of aromatic amines is 1. The highest BCUT2D eigenvalue weighted by Gasteiger charge is 2.15. The summed E-state index contributed by atoms with van der Waals surface area (Å²) in [6.45, 7) is 3.73. The number of aromatic nitrogens is 3. The summed E-state index contributed by atoms with van der Waals surface area (Å²) in [6, 6.07) is 13.1. The highest BCUT2D eigenvalue weighted by Crippen LogP contribution is 2.28. The largest absolute Gasteiger partial charge is 0.301 e. The van der Waals surface area contributed by atoms with Crippen molar-refractivity contribution in [3.63, 3.8) is 0 Å². The Labute approximate surface area is 157 Å². The highest BCUT2D eigenvalue weighted by atomic mass is 35.5. The molecule has 0 radical (unpaired) electrons. The minimum Gasteiger partial charge on any atom is -0.291 e. The minimum absolute atomic E-state index is 0.269. The first-order chi connectivity index (χ1) is 12.5. The summed E-state index contributed by atoms with van der Waals surface area (Å²) in [4.78, 5) is 17.2. The quantitative estimate of drug-likeness (QED) is 0.477. The predicted octanol–water partition coefficient (Wildman–Crippen LogP) is 5.46. The predicted molar refractivity (Wildman–Crippen MR) is 105 cm³/mol. The summed E-state index contributed by atoms with van der Waals surface area (Å²) in [6.07, 6.45) is 0. The van der Waals surface area contributed by atoms with E-state index < -0.39 is 0 Å². The number of H-pyrrole nitrogens is 1. The van der Waals surface area contributed by atoms with Crippen LogP contribution in [-0.4, -0.2) is 14.8 Å². The fraction of sp³-hybridized carbons (Fsp3) is 0.111. The van der Waals surface area contributed by atoms with Crippen LogP contribution in [0.25, 0.3) is 15.3 Å². The molecule has 0 aliphatic rings. The highest BCUT2D eigenvalue weighted by molar-refractivity contribution is 7.20. The lowest BCUT2D eigenvalue weighted by Crippen LogP contribution is -2.13. The molecule has 0 bridgehead atoms. The summed E-state index contributed by atoms with van der Waals surface area (Å²) in [7, 11) is 0. The summed E-state index contributed by atoms with van der Waals surface area (Å²) >= 11 is 7.40. The maximum Gasteiger partial charge on any atom is 0.301 e. The van der Waals surface area contributed by atoms with Crippen LogP contribution < -0.4 is 5.56 Å². The SMILES string of the molecule is Cc1ccccc1N=Nc1c(C)[nH]n(-c2nc3ccc(Cl)cc3s2)c1=O. The van der Waals surface area contributed by atoms with E-state index in [0.29, 0.717) is 15.8 Å². The van der Waals surface area contributed by atoms with Crippen LogP contribution in [-0.2, 0) is 0 Å². The van der Waals surface area contributed by atoms with Gasteiger partial charge in [-0.2, -0.15) is 9.80 Å². The molecule has 2 aromatic carbocycles. The first kappa shape index (κ1) is 16.7. The van der Waals surface area contributed by atoms with Crippen molar-refractivity contribution in [2.45, 2.75) is 13.8 Å². The number of benzene rings is 2. The zero-order valence-electron chi connectivity index (χ0n) is 14.0. The zero-order chi connectivity index (χ0) is 18.3. The summed E-state index contributed by atoms with van der Waals surface area (Å²) < 4.78 is 2.30. The fourth-order valence-electron chi connectivity index (χ4n) is 2.55. The van der Waals surface area contributed by atoms with Crippen molar-refractivity contribution in [2.75, 3.05) is 0 Å². The van der Waals surface area contributed by atoms with Gasteiger partial charge in [-0.15, -0.1) is 5.11 Å². The van der Waals surface area contributed by atoms with Crippen molar-refractivity contribution in [3.8, 4) is 5.13 Å². The molecule has 26 heavy (non-hydrogen) atoms. The molecule has 0 spiro atoms. The van der Waals surface area contributed by atoms with Gasteiger partial charge in [0, 0.05) is 5.02 Å². The average molecular weight is 384 g/mol. The molecule has 0 aliphatic carbocycles. The van der Waals surface area contributed by atoms with E-state index in [0.717, 1.165) is 21.5 Å². The number of azo groups is 1. The van der Waals surface area contributed by atoms with Crippen molar-refractivity contribution in [1.29, 1.82) is 0 Å². The lowest BCUT2D eigenvalue weighted by molar-refractivity contribution is 0.829. The maximum absolute atomic E-state index is 12.8. The van der Waals surface area contributed by atoms with Crippen LogP contribution >= 0.6 is 22.9 Å². The van der Waals surface area contributed by atoms with E-state index in [1.54, 1.807) is 13.0 Å². The Morgan fingerprint density at radius 1 is 1.15 bits per heavy atom. The first-order valence-corrected chi connectivity index (χ1v) is 9.08. The van der Waals surface area contributed by atoms with Gasteiger partial charge in [0.1, 0.15) is 0 Å². The number of nitrogens with one attached hydrogen (secondary N) is 1. The molecule has 0 aliphatic heterocycles.